The summed E-state index contributed by atoms with van der Waals surface area (Å²) < 4.78 is 6.72. The number of benzene rings is 1. The van der Waals surface area contributed by atoms with Crippen molar-refractivity contribution >= 4 is 23.3 Å². The zero-order valence-corrected chi connectivity index (χ0v) is 12.4. The van der Waals surface area contributed by atoms with Crippen LogP contribution in [0, 0.1) is 10.1 Å². The minimum Gasteiger partial charge on any atom is -0.403 e. The lowest BCUT2D eigenvalue weighted by Gasteiger charge is -2.23. The highest BCUT2D eigenvalue weighted by Crippen LogP contribution is 2.45. The van der Waals surface area contributed by atoms with Crippen molar-refractivity contribution in [2.45, 2.75) is 6.04 Å². The number of hydrogen-bond donors (Lipinski definition) is 1. The summed E-state index contributed by atoms with van der Waals surface area (Å²) in [5.74, 6) is -0.0562. The molecule has 2 aromatic heterocycles. The Balaban J connectivity index is 1.74. The molecule has 122 valence electrons. The highest BCUT2D eigenvalue weighted by Gasteiger charge is 2.43. The van der Waals surface area contributed by atoms with Crippen molar-refractivity contribution in [1.29, 1.82) is 0 Å². The molecule has 0 bridgehead atoms. The first-order valence-corrected chi connectivity index (χ1v) is 7.32. The molecule has 0 spiro atoms. The molecule has 1 aliphatic heterocycles. The van der Waals surface area contributed by atoms with E-state index in [1.54, 1.807) is 12.1 Å². The van der Waals surface area contributed by atoms with E-state index in [-0.39, 0.29) is 11.5 Å². The minimum atomic E-state index is -0.783. The Morgan fingerprint density at radius 1 is 1.20 bits per heavy atom. The Hall–Kier alpha value is -3.82. The van der Waals surface area contributed by atoms with E-state index in [0.717, 1.165) is 5.56 Å². The lowest BCUT2D eigenvalue weighted by Crippen LogP contribution is -2.25. The molecular weight excluding hydrogens is 328 g/mol. The molecule has 0 radical (unpaired) electrons. The lowest BCUT2D eigenvalue weighted by molar-refractivity contribution is -0.402. The van der Waals surface area contributed by atoms with Gasteiger partial charge < -0.3 is 9.73 Å². The van der Waals surface area contributed by atoms with E-state index in [0.29, 0.717) is 22.8 Å². The molecule has 10 heteroatoms. The molecule has 1 aliphatic carbocycles. The summed E-state index contributed by atoms with van der Waals surface area (Å²) in [6.07, 6.45) is 0. The number of tetrazole rings is 1. The van der Waals surface area contributed by atoms with Crippen molar-refractivity contribution in [3.63, 3.8) is 0 Å². The number of hydrogen-bond acceptors (Lipinski definition) is 8. The highest BCUT2D eigenvalue weighted by molar-refractivity contribution is 6.22. The molecule has 3 aromatic rings. The van der Waals surface area contributed by atoms with Crippen molar-refractivity contribution in [3.05, 3.63) is 69.0 Å². The number of allylic oxidation sites excluding steroid dienone is 1. The minimum absolute atomic E-state index is 0.191. The van der Waals surface area contributed by atoms with E-state index in [4.69, 9.17) is 4.42 Å². The molecule has 2 aliphatic rings. The summed E-state index contributed by atoms with van der Waals surface area (Å²) in [6.45, 7) is 0. The van der Waals surface area contributed by atoms with Crippen LogP contribution >= 0.6 is 0 Å². The van der Waals surface area contributed by atoms with Crippen molar-refractivity contribution in [2.24, 2.45) is 0 Å². The molecule has 1 N–H and O–H groups in total. The predicted octanol–water partition coefficient (Wildman–Crippen LogP) is 1.80. The van der Waals surface area contributed by atoms with Gasteiger partial charge in [0.1, 0.15) is 16.7 Å². The summed E-state index contributed by atoms with van der Waals surface area (Å²) in [5, 5.41) is 25.4. The van der Waals surface area contributed by atoms with Crippen LogP contribution in [0.2, 0.25) is 0 Å². The normalized spacial score (nSPS) is 17.8. The smallest absolute Gasteiger partial charge is 0.403 e. The molecular formula is C15H8N6O4. The van der Waals surface area contributed by atoms with Crippen LogP contribution in [0.1, 0.15) is 27.7 Å². The average Bonchev–Trinajstić information content (AvgIpc) is 3.33. The zero-order chi connectivity index (χ0) is 17.1. The first kappa shape index (κ1) is 13.6. The summed E-state index contributed by atoms with van der Waals surface area (Å²) in [7, 11) is 0. The molecule has 10 nitrogen and oxygen atoms in total. The number of anilines is 1. The van der Waals surface area contributed by atoms with E-state index in [2.05, 4.69) is 20.8 Å². The van der Waals surface area contributed by atoms with Gasteiger partial charge in [-0.05, 0) is 16.5 Å². The van der Waals surface area contributed by atoms with Gasteiger partial charge in [0.2, 0.25) is 5.95 Å². The van der Waals surface area contributed by atoms with Crippen molar-refractivity contribution in [3.8, 4) is 0 Å². The standard InChI is InChI=1S/C15H8N6O4/c22-14-8-4-2-1-3-7(8)12-11(14)13(20-15(16-12)17-18-19-20)9-5-6-10(25-9)21(23)24/h1-6,13H,(H,16,17,19)/t13-/m1/s1. The van der Waals surface area contributed by atoms with Crippen LogP contribution in [0.25, 0.3) is 5.70 Å². The van der Waals surface area contributed by atoms with Gasteiger partial charge in [-0.1, -0.05) is 29.4 Å². The first-order chi connectivity index (χ1) is 12.1. The number of carbonyl (C=O) groups excluding carboxylic acids is 1. The summed E-state index contributed by atoms with van der Waals surface area (Å²) >= 11 is 0. The summed E-state index contributed by atoms with van der Waals surface area (Å²) in [4.78, 5) is 23.2. The van der Waals surface area contributed by atoms with Gasteiger partial charge in [0.15, 0.2) is 5.78 Å². The number of furan rings is 1. The first-order valence-electron chi connectivity index (χ1n) is 7.32. The molecule has 0 saturated carbocycles. The van der Waals surface area contributed by atoms with Gasteiger partial charge >= 0.3 is 5.88 Å². The molecule has 0 fully saturated rings. The maximum Gasteiger partial charge on any atom is 0.433 e. The van der Waals surface area contributed by atoms with Gasteiger partial charge in [0, 0.05) is 11.1 Å². The average molecular weight is 336 g/mol. The van der Waals surface area contributed by atoms with Gasteiger partial charge in [-0.15, -0.1) is 0 Å². The third kappa shape index (κ3) is 1.73. The van der Waals surface area contributed by atoms with Crippen LogP contribution in [-0.4, -0.2) is 30.9 Å². The topological polar surface area (TPSA) is 129 Å². The molecule has 1 aromatic carbocycles. The number of nitrogens with zero attached hydrogens (tertiary/aromatic N) is 5. The number of ketones is 1. The predicted molar refractivity (Wildman–Crippen MR) is 82.6 cm³/mol. The Bertz CT molecular complexity index is 1090. The van der Waals surface area contributed by atoms with Crippen LogP contribution in [0.15, 0.2) is 46.4 Å². The van der Waals surface area contributed by atoms with Crippen LogP contribution in [0.5, 0.6) is 0 Å². The molecule has 1 atom stereocenters. The van der Waals surface area contributed by atoms with Crippen LogP contribution in [-0.2, 0) is 0 Å². The Morgan fingerprint density at radius 3 is 2.76 bits per heavy atom. The third-order valence-corrected chi connectivity index (χ3v) is 4.26. The Morgan fingerprint density at radius 2 is 2.00 bits per heavy atom. The van der Waals surface area contributed by atoms with E-state index in [1.165, 1.54) is 16.8 Å². The largest absolute Gasteiger partial charge is 0.433 e. The van der Waals surface area contributed by atoms with Crippen LogP contribution < -0.4 is 5.32 Å². The van der Waals surface area contributed by atoms with Gasteiger partial charge in [0.25, 0.3) is 0 Å². The van der Waals surface area contributed by atoms with Gasteiger partial charge in [-0.25, -0.2) is 0 Å². The highest BCUT2D eigenvalue weighted by atomic mass is 16.6. The summed E-state index contributed by atoms with van der Waals surface area (Å²) in [5.41, 5.74) is 2.27. The van der Waals surface area contributed by atoms with E-state index < -0.39 is 16.8 Å². The number of aromatic nitrogens is 4. The monoisotopic (exact) mass is 336 g/mol. The number of fused-ring (bicyclic) bond motifs is 3. The van der Waals surface area contributed by atoms with Gasteiger partial charge in [-0.3, -0.25) is 14.9 Å². The second-order valence-electron chi connectivity index (χ2n) is 5.57. The van der Waals surface area contributed by atoms with E-state index in [9.17, 15) is 14.9 Å². The number of rotatable bonds is 2. The number of nitro groups is 1. The maximum atomic E-state index is 12.9. The van der Waals surface area contributed by atoms with Gasteiger partial charge in [-0.2, -0.15) is 4.68 Å². The maximum absolute atomic E-state index is 12.9. The fourth-order valence-electron chi connectivity index (χ4n) is 3.23. The van der Waals surface area contributed by atoms with E-state index in [1.807, 2.05) is 12.1 Å². The lowest BCUT2D eigenvalue weighted by atomic mass is 9.99. The molecule has 3 heterocycles. The fraction of sp³-hybridized carbons (Fsp3) is 0.0667. The second-order valence-corrected chi connectivity index (χ2v) is 5.57. The third-order valence-electron chi connectivity index (χ3n) is 4.26. The Labute approximate surface area is 138 Å². The molecule has 0 unspecified atom stereocenters. The summed E-state index contributed by atoms with van der Waals surface area (Å²) in [6, 6.07) is 9.08. The van der Waals surface area contributed by atoms with E-state index >= 15 is 0 Å². The number of carbonyl (C=O) groups is 1. The molecule has 25 heavy (non-hydrogen) atoms. The second kappa shape index (κ2) is 4.60. The fourth-order valence-corrected chi connectivity index (χ4v) is 3.23. The van der Waals surface area contributed by atoms with Crippen LogP contribution in [0.4, 0.5) is 11.8 Å². The molecule has 0 amide bonds. The van der Waals surface area contributed by atoms with Gasteiger partial charge in [0.05, 0.1) is 17.3 Å². The SMILES string of the molecule is O=C1C2=C(Nc3nnnn3[C@@H]2c2ccc([N+](=O)[O-])o2)c2ccccc21. The van der Waals surface area contributed by atoms with Crippen molar-refractivity contribution in [2.75, 3.05) is 5.32 Å². The Kier molecular flexibility index (Phi) is 2.50. The van der Waals surface area contributed by atoms with Crippen LogP contribution in [0.3, 0.4) is 0 Å². The quantitative estimate of drug-likeness (QED) is 0.554. The van der Waals surface area contributed by atoms with Crippen molar-refractivity contribution in [1.82, 2.24) is 20.2 Å². The zero-order valence-electron chi connectivity index (χ0n) is 12.4. The van der Waals surface area contributed by atoms with Crippen molar-refractivity contribution < 1.29 is 14.1 Å². The molecule has 5 rings (SSSR count). The number of nitrogens with one attached hydrogen (secondary N) is 1. The molecule has 0 saturated heterocycles. The number of Topliss-reactive ketones (excluding diaryl/α,β-unsaturated/α-hetero) is 1.